The molecule has 222 valence electrons. The van der Waals surface area contributed by atoms with Gasteiger partial charge in [0.1, 0.15) is 0 Å². The summed E-state index contributed by atoms with van der Waals surface area (Å²) in [5.41, 5.74) is 14.6. The SMILES string of the molecule is CC1C=C2CC(CCC23c2ccccc2-c2ccc(-c4cccc(-c5cc(-c6ccncc6)nc(-c6ccncc6)n5)c4)cc23)C1. The molecule has 4 heteroatoms. The number of hydrogen-bond donors (Lipinski definition) is 0. The Labute approximate surface area is 270 Å². The minimum atomic E-state index is -0.0176. The molecular weight excluding hydrogens is 560 g/mol. The van der Waals surface area contributed by atoms with E-state index in [1.165, 1.54) is 59.1 Å². The number of allylic oxidation sites excluding steroid dienone is 2. The molecule has 1 fully saturated rings. The van der Waals surface area contributed by atoms with E-state index in [4.69, 9.17) is 9.97 Å². The number of pyridine rings is 2. The van der Waals surface area contributed by atoms with Crippen molar-refractivity contribution in [3.05, 3.63) is 145 Å². The van der Waals surface area contributed by atoms with Crippen LogP contribution in [0.4, 0.5) is 0 Å². The fraction of sp³-hybridized carbons (Fsp3) is 0.190. The molecule has 3 aromatic carbocycles. The van der Waals surface area contributed by atoms with Gasteiger partial charge >= 0.3 is 0 Å². The first-order valence-electron chi connectivity index (χ1n) is 16.4. The minimum Gasteiger partial charge on any atom is -0.265 e. The molecule has 9 rings (SSSR count). The number of fused-ring (bicyclic) bond motifs is 8. The second-order valence-corrected chi connectivity index (χ2v) is 13.2. The van der Waals surface area contributed by atoms with Crippen molar-refractivity contribution >= 4 is 0 Å². The van der Waals surface area contributed by atoms with Gasteiger partial charge in [0.05, 0.1) is 11.4 Å². The Hall–Kier alpha value is -5.22. The van der Waals surface area contributed by atoms with Crippen LogP contribution in [0, 0.1) is 11.8 Å². The van der Waals surface area contributed by atoms with Crippen molar-refractivity contribution in [2.45, 2.75) is 38.0 Å². The lowest BCUT2D eigenvalue weighted by atomic mass is 9.58. The van der Waals surface area contributed by atoms with Gasteiger partial charge in [-0.15, -0.1) is 0 Å². The zero-order valence-corrected chi connectivity index (χ0v) is 25.9. The van der Waals surface area contributed by atoms with Crippen LogP contribution in [0.25, 0.3) is 56.2 Å². The Balaban J connectivity index is 1.17. The van der Waals surface area contributed by atoms with Gasteiger partial charge in [-0.05, 0) is 113 Å². The highest BCUT2D eigenvalue weighted by molar-refractivity contribution is 5.86. The maximum Gasteiger partial charge on any atom is 0.160 e. The third kappa shape index (κ3) is 4.35. The van der Waals surface area contributed by atoms with E-state index in [1.54, 1.807) is 30.4 Å². The van der Waals surface area contributed by atoms with Crippen LogP contribution >= 0.6 is 0 Å². The van der Waals surface area contributed by atoms with Crippen LogP contribution in [-0.4, -0.2) is 19.9 Å². The predicted molar refractivity (Wildman–Crippen MR) is 185 cm³/mol. The first-order valence-corrected chi connectivity index (χ1v) is 16.4. The van der Waals surface area contributed by atoms with Gasteiger partial charge < -0.3 is 0 Å². The third-order valence-corrected chi connectivity index (χ3v) is 10.5. The van der Waals surface area contributed by atoms with E-state index < -0.39 is 0 Å². The molecule has 0 radical (unpaired) electrons. The first kappa shape index (κ1) is 27.1. The molecule has 1 saturated carbocycles. The van der Waals surface area contributed by atoms with Crippen molar-refractivity contribution in [2.24, 2.45) is 11.8 Å². The molecule has 1 spiro atoms. The summed E-state index contributed by atoms with van der Waals surface area (Å²) < 4.78 is 0. The minimum absolute atomic E-state index is 0.0176. The van der Waals surface area contributed by atoms with Gasteiger partial charge in [0.15, 0.2) is 5.82 Å². The maximum atomic E-state index is 5.07. The average Bonchev–Trinajstić information content (AvgIpc) is 3.40. The molecule has 3 aromatic heterocycles. The smallest absolute Gasteiger partial charge is 0.160 e. The number of hydrogen-bond acceptors (Lipinski definition) is 4. The molecule has 0 amide bonds. The van der Waals surface area contributed by atoms with Crippen LogP contribution in [0.15, 0.2) is 133 Å². The topological polar surface area (TPSA) is 51.6 Å². The fourth-order valence-electron chi connectivity index (χ4n) is 8.43. The molecule has 3 atom stereocenters. The van der Waals surface area contributed by atoms with Crippen molar-refractivity contribution in [1.29, 1.82) is 0 Å². The maximum absolute atomic E-state index is 5.07. The normalized spacial score (nSPS) is 21.0. The Bertz CT molecular complexity index is 2080. The highest BCUT2D eigenvalue weighted by Crippen LogP contribution is 2.61. The lowest BCUT2D eigenvalue weighted by Gasteiger charge is -2.45. The zero-order valence-electron chi connectivity index (χ0n) is 25.9. The molecular formula is C42H34N4. The molecule has 2 bridgehead atoms. The van der Waals surface area contributed by atoms with Gasteiger partial charge in [0.25, 0.3) is 0 Å². The Morgan fingerprint density at radius 2 is 1.30 bits per heavy atom. The highest BCUT2D eigenvalue weighted by atomic mass is 14.9. The van der Waals surface area contributed by atoms with Gasteiger partial charge in [0.2, 0.25) is 0 Å². The molecule has 4 nitrogen and oxygen atoms in total. The van der Waals surface area contributed by atoms with Crippen LogP contribution in [-0.2, 0) is 5.41 Å². The van der Waals surface area contributed by atoms with E-state index in [9.17, 15) is 0 Å². The second kappa shape index (κ2) is 10.7. The Morgan fingerprint density at radius 1 is 0.609 bits per heavy atom. The second-order valence-electron chi connectivity index (χ2n) is 13.2. The number of nitrogens with zero attached hydrogens (tertiary/aromatic N) is 4. The summed E-state index contributed by atoms with van der Waals surface area (Å²) in [6.07, 6.45) is 14.8. The predicted octanol–water partition coefficient (Wildman–Crippen LogP) is 9.97. The molecule has 3 unspecified atom stereocenters. The van der Waals surface area contributed by atoms with Gasteiger partial charge in [-0.2, -0.15) is 0 Å². The summed E-state index contributed by atoms with van der Waals surface area (Å²) in [6, 6.07) is 35.1. The summed E-state index contributed by atoms with van der Waals surface area (Å²) >= 11 is 0. The molecule has 0 aliphatic heterocycles. The first-order chi connectivity index (χ1) is 22.7. The lowest BCUT2D eigenvalue weighted by Crippen LogP contribution is -2.36. The van der Waals surface area contributed by atoms with Crippen LogP contribution in [0.1, 0.15) is 43.7 Å². The number of aromatic nitrogens is 4. The summed E-state index contributed by atoms with van der Waals surface area (Å²) in [5.74, 6) is 2.14. The molecule has 3 aliphatic carbocycles. The Morgan fingerprint density at radius 3 is 2.13 bits per heavy atom. The van der Waals surface area contributed by atoms with Crippen LogP contribution < -0.4 is 0 Å². The van der Waals surface area contributed by atoms with Crippen LogP contribution in [0.5, 0.6) is 0 Å². The number of rotatable bonds is 4. The van der Waals surface area contributed by atoms with Crippen molar-refractivity contribution in [3.8, 4) is 56.2 Å². The molecule has 6 aromatic rings. The molecule has 3 heterocycles. The van der Waals surface area contributed by atoms with E-state index in [-0.39, 0.29) is 5.41 Å². The van der Waals surface area contributed by atoms with E-state index in [0.717, 1.165) is 34.0 Å². The van der Waals surface area contributed by atoms with E-state index in [2.05, 4.69) is 95.8 Å². The summed E-state index contributed by atoms with van der Waals surface area (Å²) in [5, 5.41) is 0. The van der Waals surface area contributed by atoms with E-state index in [1.807, 2.05) is 24.3 Å². The lowest BCUT2D eigenvalue weighted by molar-refractivity contribution is 0.284. The van der Waals surface area contributed by atoms with Crippen LogP contribution in [0.3, 0.4) is 0 Å². The van der Waals surface area contributed by atoms with Crippen LogP contribution in [0.2, 0.25) is 0 Å². The van der Waals surface area contributed by atoms with Gasteiger partial charge in [0, 0.05) is 46.9 Å². The summed E-state index contributed by atoms with van der Waals surface area (Å²) in [6.45, 7) is 2.40. The van der Waals surface area contributed by atoms with Crippen molar-refractivity contribution < 1.29 is 0 Å². The Kier molecular flexibility index (Phi) is 6.31. The standard InChI is InChI=1S/C42H34N4/c1-27-21-28-11-16-42(34(22-27)23-28)37-8-3-2-7-35(37)36-10-9-32(25-38(36)42)31-5-4-6-33(24-31)40-26-39(29-12-17-43-18-13-29)45-41(46-40)30-14-19-44-20-15-30/h2-10,12-15,17-20,22,24-28H,11,16,21,23H2,1H3. The highest BCUT2D eigenvalue weighted by Gasteiger charge is 2.49. The molecule has 46 heavy (non-hydrogen) atoms. The summed E-state index contributed by atoms with van der Waals surface area (Å²) in [4.78, 5) is 18.4. The summed E-state index contributed by atoms with van der Waals surface area (Å²) in [7, 11) is 0. The third-order valence-electron chi connectivity index (χ3n) is 10.5. The van der Waals surface area contributed by atoms with Gasteiger partial charge in [-0.1, -0.05) is 73.2 Å². The number of benzene rings is 3. The zero-order chi connectivity index (χ0) is 30.7. The molecule has 0 N–H and O–H groups in total. The largest absolute Gasteiger partial charge is 0.265 e. The monoisotopic (exact) mass is 594 g/mol. The van der Waals surface area contributed by atoms with Crippen molar-refractivity contribution in [2.75, 3.05) is 0 Å². The van der Waals surface area contributed by atoms with Gasteiger partial charge in [-0.3, -0.25) is 9.97 Å². The van der Waals surface area contributed by atoms with Crippen molar-refractivity contribution in [3.63, 3.8) is 0 Å². The van der Waals surface area contributed by atoms with Gasteiger partial charge in [-0.25, -0.2) is 9.97 Å². The fourth-order valence-corrected chi connectivity index (χ4v) is 8.43. The van der Waals surface area contributed by atoms with E-state index >= 15 is 0 Å². The molecule has 3 aliphatic rings. The van der Waals surface area contributed by atoms with E-state index in [0.29, 0.717) is 11.7 Å². The molecule has 0 saturated heterocycles. The van der Waals surface area contributed by atoms with Crippen molar-refractivity contribution in [1.82, 2.24) is 19.9 Å². The average molecular weight is 595 g/mol. The quantitative estimate of drug-likeness (QED) is 0.191.